The number of carbonyl (C=O) groups is 1. The van der Waals surface area contributed by atoms with Crippen LogP contribution in [-0.4, -0.2) is 17.7 Å². The second kappa shape index (κ2) is 10.1. The van der Waals surface area contributed by atoms with E-state index in [2.05, 4.69) is 33.0 Å². The minimum absolute atomic E-state index is 0.157. The zero-order valence-electron chi connectivity index (χ0n) is 14.5. The number of rotatable bonds is 5. The third-order valence-electron chi connectivity index (χ3n) is 2.86. The normalized spacial score (nSPS) is 14.2. The second-order valence-corrected chi connectivity index (χ2v) is 6.13. The van der Waals surface area contributed by atoms with Crippen LogP contribution < -0.4 is 5.32 Å². The van der Waals surface area contributed by atoms with Crippen molar-refractivity contribution in [3.63, 3.8) is 0 Å². The Morgan fingerprint density at radius 1 is 1.16 bits per heavy atom. The fourth-order valence-corrected chi connectivity index (χ4v) is 2.09. The van der Waals surface area contributed by atoms with Crippen LogP contribution in [0.3, 0.4) is 0 Å². The van der Waals surface area contributed by atoms with E-state index in [-0.39, 0.29) is 12.1 Å². The van der Waals surface area contributed by atoms with Crippen molar-refractivity contribution in [2.45, 2.75) is 86.8 Å². The smallest absolute Gasteiger partial charge is 0.407 e. The first-order chi connectivity index (χ1) is 8.67. The monoisotopic (exact) mass is 273 g/mol. The van der Waals surface area contributed by atoms with Gasteiger partial charge >= 0.3 is 6.09 Å². The summed E-state index contributed by atoms with van der Waals surface area (Å²) in [5, 5.41) is 2.94. The Hall–Kier alpha value is -0.730. The van der Waals surface area contributed by atoms with Crippen LogP contribution in [0.1, 0.15) is 75.2 Å². The summed E-state index contributed by atoms with van der Waals surface area (Å²) in [6.45, 7) is 18.3. The summed E-state index contributed by atoms with van der Waals surface area (Å²) in [5.41, 5.74) is -0.429. The molecule has 1 amide bonds. The fourth-order valence-electron chi connectivity index (χ4n) is 2.09. The lowest BCUT2D eigenvalue weighted by Crippen LogP contribution is -2.42. The molecule has 0 aromatic carbocycles. The highest BCUT2D eigenvalue weighted by atomic mass is 16.6. The van der Waals surface area contributed by atoms with E-state index < -0.39 is 5.60 Å². The molecule has 0 aliphatic rings. The fraction of sp³-hybridized carbons (Fsp3) is 0.938. The predicted molar refractivity (Wildman–Crippen MR) is 83.4 cm³/mol. The molecule has 0 saturated heterocycles. The third kappa shape index (κ3) is 10.8. The minimum atomic E-state index is -0.429. The molecular weight excluding hydrogens is 238 g/mol. The quantitative estimate of drug-likeness (QED) is 0.765. The molecule has 1 N–H and O–H groups in total. The van der Waals surface area contributed by atoms with Gasteiger partial charge < -0.3 is 10.1 Å². The summed E-state index contributed by atoms with van der Waals surface area (Å²) in [6, 6.07) is 0.157. The maximum absolute atomic E-state index is 11.7. The van der Waals surface area contributed by atoms with Crippen LogP contribution in [0.5, 0.6) is 0 Å². The van der Waals surface area contributed by atoms with E-state index in [9.17, 15) is 4.79 Å². The van der Waals surface area contributed by atoms with Crippen molar-refractivity contribution < 1.29 is 9.53 Å². The van der Waals surface area contributed by atoms with Gasteiger partial charge in [0.25, 0.3) is 0 Å². The highest BCUT2D eigenvalue weighted by Gasteiger charge is 2.24. The Kier molecular flexibility index (Phi) is 10.9. The van der Waals surface area contributed by atoms with Crippen molar-refractivity contribution in [2.24, 2.45) is 11.8 Å². The molecule has 0 aromatic rings. The summed E-state index contributed by atoms with van der Waals surface area (Å²) in [6.07, 6.45) is 1.96. The molecule has 2 unspecified atom stereocenters. The van der Waals surface area contributed by atoms with Crippen molar-refractivity contribution in [1.29, 1.82) is 0 Å². The van der Waals surface area contributed by atoms with Gasteiger partial charge in [0.05, 0.1) is 0 Å². The highest BCUT2D eigenvalue weighted by Crippen LogP contribution is 2.21. The average molecular weight is 273 g/mol. The molecule has 0 aliphatic heterocycles. The summed E-state index contributed by atoms with van der Waals surface area (Å²) < 4.78 is 5.27. The topological polar surface area (TPSA) is 38.3 Å². The van der Waals surface area contributed by atoms with Crippen LogP contribution in [-0.2, 0) is 4.74 Å². The lowest BCUT2D eigenvalue weighted by Gasteiger charge is -2.29. The molecule has 0 radical (unpaired) electrons. The molecule has 0 aliphatic carbocycles. The molecule has 0 heterocycles. The zero-order valence-corrected chi connectivity index (χ0v) is 14.5. The van der Waals surface area contributed by atoms with Gasteiger partial charge in [0.1, 0.15) is 5.60 Å². The number of carbonyl (C=O) groups excluding carboxylic acids is 1. The minimum Gasteiger partial charge on any atom is -0.444 e. The standard InChI is InChI=1S/C14H29NO2.C2H6/c1-8-9-12(10(2)3)11(4)15-13(16)17-14(5,6)7;1-2/h10-12H,8-9H2,1-7H3,(H,15,16);1-2H3. The van der Waals surface area contributed by atoms with Gasteiger partial charge in [-0.05, 0) is 46.0 Å². The van der Waals surface area contributed by atoms with E-state index in [1.54, 1.807) is 0 Å². The zero-order chi connectivity index (χ0) is 15.6. The predicted octanol–water partition coefficient (Wildman–Crippen LogP) is 5.00. The molecule has 3 nitrogen and oxygen atoms in total. The van der Waals surface area contributed by atoms with Gasteiger partial charge in [0.2, 0.25) is 0 Å². The molecule has 116 valence electrons. The van der Waals surface area contributed by atoms with E-state index in [0.29, 0.717) is 11.8 Å². The number of hydrogen-bond acceptors (Lipinski definition) is 2. The highest BCUT2D eigenvalue weighted by molar-refractivity contribution is 5.68. The molecule has 2 atom stereocenters. The summed E-state index contributed by atoms with van der Waals surface area (Å²) in [4.78, 5) is 11.7. The van der Waals surface area contributed by atoms with E-state index in [4.69, 9.17) is 4.74 Å². The van der Waals surface area contributed by atoms with E-state index in [1.807, 2.05) is 34.6 Å². The largest absolute Gasteiger partial charge is 0.444 e. The molecular formula is C16H35NO2. The van der Waals surface area contributed by atoms with Gasteiger partial charge in [-0.3, -0.25) is 0 Å². The first-order valence-electron chi connectivity index (χ1n) is 7.67. The average Bonchev–Trinajstić information content (AvgIpc) is 2.25. The first kappa shape index (κ1) is 20.6. The van der Waals surface area contributed by atoms with Crippen LogP contribution in [0.25, 0.3) is 0 Å². The lowest BCUT2D eigenvalue weighted by molar-refractivity contribution is 0.0480. The van der Waals surface area contributed by atoms with Crippen LogP contribution in [0.4, 0.5) is 4.79 Å². The van der Waals surface area contributed by atoms with Crippen LogP contribution in [0.2, 0.25) is 0 Å². The lowest BCUT2D eigenvalue weighted by atomic mass is 9.86. The van der Waals surface area contributed by atoms with Crippen molar-refractivity contribution >= 4 is 6.09 Å². The molecule has 19 heavy (non-hydrogen) atoms. The Bertz CT molecular complexity index is 231. The Balaban J connectivity index is 0. The van der Waals surface area contributed by atoms with Gasteiger partial charge in [-0.1, -0.05) is 41.0 Å². The number of hydrogen-bond donors (Lipinski definition) is 1. The molecule has 3 heteroatoms. The molecule has 0 rings (SSSR count). The van der Waals surface area contributed by atoms with Crippen LogP contribution >= 0.6 is 0 Å². The number of alkyl carbamates (subject to hydrolysis) is 1. The van der Waals surface area contributed by atoms with Crippen molar-refractivity contribution in [1.82, 2.24) is 5.32 Å². The maximum Gasteiger partial charge on any atom is 0.407 e. The summed E-state index contributed by atoms with van der Waals surface area (Å²) in [5.74, 6) is 1.08. The summed E-state index contributed by atoms with van der Waals surface area (Å²) in [7, 11) is 0. The summed E-state index contributed by atoms with van der Waals surface area (Å²) >= 11 is 0. The maximum atomic E-state index is 11.7. The second-order valence-electron chi connectivity index (χ2n) is 6.13. The SMILES string of the molecule is CC.CCCC(C(C)C)C(C)NC(=O)OC(C)(C)C. The molecule has 0 aromatic heterocycles. The molecule has 0 fully saturated rings. The Morgan fingerprint density at radius 2 is 1.63 bits per heavy atom. The van der Waals surface area contributed by atoms with Crippen LogP contribution in [0.15, 0.2) is 0 Å². The van der Waals surface area contributed by atoms with Crippen molar-refractivity contribution in [3.05, 3.63) is 0 Å². The van der Waals surface area contributed by atoms with Gasteiger partial charge in [0, 0.05) is 6.04 Å². The Morgan fingerprint density at radius 3 is 1.95 bits per heavy atom. The molecule has 0 bridgehead atoms. The van der Waals surface area contributed by atoms with E-state index in [1.165, 1.54) is 0 Å². The molecule has 0 spiro atoms. The van der Waals surface area contributed by atoms with Crippen LogP contribution in [0, 0.1) is 11.8 Å². The number of ether oxygens (including phenoxy) is 1. The number of amides is 1. The third-order valence-corrected chi connectivity index (χ3v) is 2.86. The number of nitrogens with one attached hydrogen (secondary N) is 1. The van der Waals surface area contributed by atoms with Gasteiger partial charge in [0.15, 0.2) is 0 Å². The van der Waals surface area contributed by atoms with Gasteiger partial charge in [-0.2, -0.15) is 0 Å². The molecule has 0 saturated carbocycles. The van der Waals surface area contributed by atoms with Crippen molar-refractivity contribution in [3.8, 4) is 0 Å². The van der Waals surface area contributed by atoms with E-state index >= 15 is 0 Å². The van der Waals surface area contributed by atoms with Gasteiger partial charge in [-0.25, -0.2) is 4.79 Å². The van der Waals surface area contributed by atoms with E-state index in [0.717, 1.165) is 12.8 Å². The Labute approximate surface area is 120 Å². The van der Waals surface area contributed by atoms with Crippen molar-refractivity contribution in [2.75, 3.05) is 0 Å². The first-order valence-corrected chi connectivity index (χ1v) is 7.67. The van der Waals surface area contributed by atoms with Gasteiger partial charge in [-0.15, -0.1) is 0 Å².